The Labute approximate surface area is 213 Å². The number of rotatable bonds is 4. The number of carbonyl (C=O) groups is 1. The van der Waals surface area contributed by atoms with Crippen molar-refractivity contribution in [2.45, 2.75) is 26.1 Å². The van der Waals surface area contributed by atoms with Gasteiger partial charge >= 0.3 is 12.2 Å². The molecule has 0 unspecified atom stereocenters. The van der Waals surface area contributed by atoms with E-state index in [9.17, 15) is 18.0 Å². The minimum absolute atomic E-state index is 0.230. The summed E-state index contributed by atoms with van der Waals surface area (Å²) in [6.45, 7) is 7.13. The SMILES string of the molecule is CCN1CCN(c2nc(-c3ccccc3)nc3c2CN(C(=O)Nc2ccccc2C(F)(F)F)CC3)CC1. The minimum Gasteiger partial charge on any atom is -0.354 e. The summed E-state index contributed by atoms with van der Waals surface area (Å²) < 4.78 is 40.3. The standard InChI is InChI=1S/C27H29F3N6O/c1-2-34-14-16-35(17-15-34)25-20-18-36(26(37)32-23-11-7-6-10-21(23)27(28,29)30)13-12-22(20)31-24(33-25)19-8-4-3-5-9-19/h3-11H,2,12-18H2,1H3,(H,32,37). The van der Waals surface area contributed by atoms with E-state index < -0.39 is 17.8 Å². The average molecular weight is 511 g/mol. The lowest BCUT2D eigenvalue weighted by molar-refractivity contribution is -0.136. The summed E-state index contributed by atoms with van der Waals surface area (Å²) in [4.78, 5) is 29.0. The van der Waals surface area contributed by atoms with Crippen molar-refractivity contribution in [1.82, 2.24) is 19.8 Å². The van der Waals surface area contributed by atoms with E-state index in [0.29, 0.717) is 18.8 Å². The molecule has 2 aliphatic rings. The number of benzene rings is 2. The van der Waals surface area contributed by atoms with Crippen molar-refractivity contribution in [3.8, 4) is 11.4 Å². The highest BCUT2D eigenvalue weighted by atomic mass is 19.4. The van der Waals surface area contributed by atoms with Gasteiger partial charge in [0.05, 0.1) is 23.5 Å². The van der Waals surface area contributed by atoms with Crippen LogP contribution in [0.5, 0.6) is 0 Å². The van der Waals surface area contributed by atoms with Crippen LogP contribution in [-0.4, -0.2) is 65.1 Å². The molecular formula is C27H29F3N6O. The number of urea groups is 1. The zero-order chi connectivity index (χ0) is 26.0. The van der Waals surface area contributed by atoms with Gasteiger partial charge in [0.25, 0.3) is 0 Å². The van der Waals surface area contributed by atoms with Crippen molar-refractivity contribution in [3.05, 3.63) is 71.4 Å². The summed E-state index contributed by atoms with van der Waals surface area (Å²) in [6.07, 6.45) is -4.07. The van der Waals surface area contributed by atoms with E-state index >= 15 is 0 Å². The van der Waals surface area contributed by atoms with Gasteiger partial charge in [-0.25, -0.2) is 14.8 Å². The lowest BCUT2D eigenvalue weighted by Crippen LogP contribution is -2.47. The number of piperazine rings is 1. The third kappa shape index (κ3) is 5.39. The Morgan fingerprint density at radius 2 is 1.65 bits per heavy atom. The fraction of sp³-hybridized carbons (Fsp3) is 0.370. The van der Waals surface area contributed by atoms with Crippen LogP contribution in [0.25, 0.3) is 11.4 Å². The Bertz CT molecular complexity index is 1260. The number of alkyl halides is 3. The van der Waals surface area contributed by atoms with Gasteiger partial charge in [0, 0.05) is 50.3 Å². The first kappa shape index (κ1) is 25.0. The number of amides is 2. The zero-order valence-electron chi connectivity index (χ0n) is 20.6. The van der Waals surface area contributed by atoms with Crippen molar-refractivity contribution >= 4 is 17.5 Å². The van der Waals surface area contributed by atoms with Crippen LogP contribution in [0.3, 0.4) is 0 Å². The lowest BCUT2D eigenvalue weighted by Gasteiger charge is -2.38. The molecule has 0 aliphatic carbocycles. The van der Waals surface area contributed by atoms with Crippen LogP contribution in [0, 0.1) is 0 Å². The number of likely N-dealkylation sites (N-methyl/N-ethyl adjacent to an activating group) is 1. The number of fused-ring (bicyclic) bond motifs is 1. The molecule has 0 saturated carbocycles. The number of aromatic nitrogens is 2. The van der Waals surface area contributed by atoms with Crippen LogP contribution < -0.4 is 10.2 Å². The highest BCUT2D eigenvalue weighted by Crippen LogP contribution is 2.35. The molecule has 2 aliphatic heterocycles. The molecule has 7 nitrogen and oxygen atoms in total. The molecule has 3 aromatic rings. The van der Waals surface area contributed by atoms with Crippen LogP contribution in [-0.2, 0) is 19.1 Å². The number of hydrogen-bond donors (Lipinski definition) is 1. The molecule has 2 amide bonds. The molecule has 0 radical (unpaired) electrons. The Morgan fingerprint density at radius 3 is 2.35 bits per heavy atom. The molecule has 5 rings (SSSR count). The highest BCUT2D eigenvalue weighted by molar-refractivity contribution is 5.90. The fourth-order valence-corrected chi connectivity index (χ4v) is 4.86. The van der Waals surface area contributed by atoms with Crippen LogP contribution in [0.1, 0.15) is 23.7 Å². The maximum absolute atomic E-state index is 13.4. The summed E-state index contributed by atoms with van der Waals surface area (Å²) >= 11 is 0. The monoisotopic (exact) mass is 510 g/mol. The molecular weight excluding hydrogens is 481 g/mol. The van der Waals surface area contributed by atoms with Crippen molar-refractivity contribution < 1.29 is 18.0 Å². The molecule has 10 heteroatoms. The maximum Gasteiger partial charge on any atom is 0.418 e. The molecule has 1 fully saturated rings. The summed E-state index contributed by atoms with van der Waals surface area (Å²) in [5, 5.41) is 2.47. The number of nitrogens with zero attached hydrogens (tertiary/aromatic N) is 5. The van der Waals surface area contributed by atoms with Crippen molar-refractivity contribution in [3.63, 3.8) is 0 Å². The van der Waals surface area contributed by atoms with E-state index in [4.69, 9.17) is 9.97 Å². The van der Waals surface area contributed by atoms with E-state index in [0.717, 1.165) is 61.4 Å². The van der Waals surface area contributed by atoms with Crippen LogP contribution in [0.15, 0.2) is 54.6 Å². The third-order valence-corrected chi connectivity index (χ3v) is 6.95. The lowest BCUT2D eigenvalue weighted by atomic mass is 10.0. The maximum atomic E-state index is 13.4. The van der Waals surface area contributed by atoms with Gasteiger partial charge in [0.1, 0.15) is 5.82 Å². The van der Waals surface area contributed by atoms with Gasteiger partial charge in [-0.1, -0.05) is 49.4 Å². The molecule has 0 spiro atoms. The van der Waals surface area contributed by atoms with E-state index in [2.05, 4.69) is 22.0 Å². The summed E-state index contributed by atoms with van der Waals surface area (Å²) in [6, 6.07) is 14.2. The molecule has 37 heavy (non-hydrogen) atoms. The first-order valence-corrected chi connectivity index (χ1v) is 12.5. The molecule has 1 aromatic heterocycles. The number of para-hydroxylation sites is 1. The molecule has 194 valence electrons. The Balaban J connectivity index is 1.44. The van der Waals surface area contributed by atoms with E-state index in [1.54, 1.807) is 0 Å². The molecule has 0 bridgehead atoms. The number of anilines is 2. The quantitative estimate of drug-likeness (QED) is 0.541. The second-order valence-electron chi connectivity index (χ2n) is 9.23. The first-order valence-electron chi connectivity index (χ1n) is 12.5. The minimum atomic E-state index is -4.56. The largest absolute Gasteiger partial charge is 0.418 e. The van der Waals surface area contributed by atoms with E-state index in [1.807, 2.05) is 30.3 Å². The number of hydrogen-bond acceptors (Lipinski definition) is 5. The summed E-state index contributed by atoms with van der Waals surface area (Å²) in [5.41, 5.74) is 1.53. The fourth-order valence-electron chi connectivity index (χ4n) is 4.86. The van der Waals surface area contributed by atoms with Crippen molar-refractivity contribution in [1.29, 1.82) is 0 Å². The van der Waals surface area contributed by atoms with Crippen LogP contribution in [0.4, 0.5) is 29.5 Å². The normalized spacial score (nSPS) is 16.4. The van der Waals surface area contributed by atoms with Crippen LogP contribution >= 0.6 is 0 Å². The third-order valence-electron chi connectivity index (χ3n) is 6.95. The second-order valence-corrected chi connectivity index (χ2v) is 9.23. The first-order chi connectivity index (χ1) is 17.8. The van der Waals surface area contributed by atoms with Gasteiger partial charge in [-0.2, -0.15) is 13.2 Å². The van der Waals surface area contributed by atoms with Gasteiger partial charge in [-0.3, -0.25) is 0 Å². The average Bonchev–Trinajstić information content (AvgIpc) is 2.92. The predicted molar refractivity (Wildman–Crippen MR) is 136 cm³/mol. The molecule has 3 heterocycles. The summed E-state index contributed by atoms with van der Waals surface area (Å²) in [7, 11) is 0. The van der Waals surface area contributed by atoms with Gasteiger partial charge in [0.2, 0.25) is 0 Å². The Kier molecular flexibility index (Phi) is 7.01. The second kappa shape index (κ2) is 10.4. The summed E-state index contributed by atoms with van der Waals surface area (Å²) in [5.74, 6) is 1.44. The Morgan fingerprint density at radius 1 is 0.946 bits per heavy atom. The van der Waals surface area contributed by atoms with Gasteiger partial charge < -0.3 is 20.0 Å². The smallest absolute Gasteiger partial charge is 0.354 e. The number of carbonyl (C=O) groups excluding carboxylic acids is 1. The zero-order valence-corrected chi connectivity index (χ0v) is 20.6. The predicted octanol–water partition coefficient (Wildman–Crippen LogP) is 4.89. The van der Waals surface area contributed by atoms with Crippen molar-refractivity contribution in [2.75, 3.05) is 49.5 Å². The highest BCUT2D eigenvalue weighted by Gasteiger charge is 2.35. The van der Waals surface area contributed by atoms with E-state index in [-0.39, 0.29) is 12.2 Å². The van der Waals surface area contributed by atoms with Gasteiger partial charge in [0.15, 0.2) is 5.82 Å². The number of nitrogens with one attached hydrogen (secondary N) is 1. The Hall–Kier alpha value is -3.66. The molecule has 1 saturated heterocycles. The van der Waals surface area contributed by atoms with Crippen LogP contribution in [0.2, 0.25) is 0 Å². The molecule has 0 atom stereocenters. The van der Waals surface area contributed by atoms with Gasteiger partial charge in [-0.05, 0) is 18.7 Å². The van der Waals surface area contributed by atoms with Gasteiger partial charge in [-0.15, -0.1) is 0 Å². The topological polar surface area (TPSA) is 64.6 Å². The van der Waals surface area contributed by atoms with Crippen molar-refractivity contribution in [2.24, 2.45) is 0 Å². The molecule has 1 N–H and O–H groups in total. The molecule has 2 aromatic carbocycles. The number of halogens is 3. The van der Waals surface area contributed by atoms with E-state index in [1.165, 1.54) is 23.1 Å².